The molecule has 3 nitrogen and oxygen atoms in total. The first kappa shape index (κ1) is 15.0. The summed E-state index contributed by atoms with van der Waals surface area (Å²) < 4.78 is 5.33. The van der Waals surface area contributed by atoms with Gasteiger partial charge in [-0.1, -0.05) is 50.6 Å². The zero-order valence-corrected chi connectivity index (χ0v) is 12.5. The highest BCUT2D eigenvalue weighted by molar-refractivity contribution is 5.72. The van der Waals surface area contributed by atoms with Crippen LogP contribution in [0, 0.1) is 11.3 Å². The van der Waals surface area contributed by atoms with Gasteiger partial charge in [-0.15, -0.1) is 0 Å². The molecule has 1 N–H and O–H groups in total. The van der Waals surface area contributed by atoms with Crippen molar-refractivity contribution < 1.29 is 9.53 Å². The van der Waals surface area contributed by atoms with E-state index in [9.17, 15) is 4.79 Å². The topological polar surface area (TPSA) is 38.3 Å². The van der Waals surface area contributed by atoms with Crippen molar-refractivity contribution in [3.63, 3.8) is 0 Å². The summed E-state index contributed by atoms with van der Waals surface area (Å²) >= 11 is 0. The highest BCUT2D eigenvalue weighted by Gasteiger charge is 2.31. The average molecular weight is 275 g/mol. The summed E-state index contributed by atoms with van der Waals surface area (Å²) in [5.41, 5.74) is 1.48. The molecule has 0 aliphatic heterocycles. The van der Waals surface area contributed by atoms with E-state index in [1.807, 2.05) is 37.3 Å². The van der Waals surface area contributed by atoms with E-state index in [1.54, 1.807) is 0 Å². The smallest absolute Gasteiger partial charge is 0.310 e. The van der Waals surface area contributed by atoms with E-state index >= 15 is 0 Å². The normalized spacial score (nSPS) is 18.1. The minimum atomic E-state index is -0.125. The molecule has 1 atom stereocenters. The van der Waals surface area contributed by atoms with Crippen LogP contribution in [-0.4, -0.2) is 19.1 Å². The molecule has 0 bridgehead atoms. The summed E-state index contributed by atoms with van der Waals surface area (Å²) in [5.74, 6) is -0.220. The van der Waals surface area contributed by atoms with Gasteiger partial charge in [-0.25, -0.2) is 0 Å². The summed E-state index contributed by atoms with van der Waals surface area (Å²) in [7, 11) is 0. The molecule has 0 saturated heterocycles. The lowest BCUT2D eigenvalue weighted by Gasteiger charge is -2.38. The van der Waals surface area contributed by atoms with Gasteiger partial charge in [0.25, 0.3) is 0 Å². The van der Waals surface area contributed by atoms with Crippen molar-refractivity contribution in [2.24, 2.45) is 11.3 Å². The Bertz CT molecular complexity index is 426. The Morgan fingerprint density at radius 2 is 2.05 bits per heavy atom. The van der Waals surface area contributed by atoms with Gasteiger partial charge >= 0.3 is 5.97 Å². The molecule has 1 aliphatic rings. The van der Waals surface area contributed by atoms with Gasteiger partial charge in [-0.3, -0.25) is 4.79 Å². The number of ether oxygens (including phenoxy) is 1. The van der Waals surface area contributed by atoms with E-state index in [0.29, 0.717) is 18.6 Å². The molecule has 20 heavy (non-hydrogen) atoms. The van der Waals surface area contributed by atoms with Crippen LogP contribution in [0.5, 0.6) is 0 Å². The second-order valence-corrected chi connectivity index (χ2v) is 6.29. The molecule has 1 fully saturated rings. The molecule has 110 valence electrons. The highest BCUT2D eigenvalue weighted by Crippen LogP contribution is 2.39. The molecule has 0 spiro atoms. The van der Waals surface area contributed by atoms with E-state index in [2.05, 4.69) is 12.2 Å². The second-order valence-electron chi connectivity index (χ2n) is 6.29. The van der Waals surface area contributed by atoms with Crippen LogP contribution in [0.4, 0.5) is 0 Å². The van der Waals surface area contributed by atoms with Crippen LogP contribution in [0.25, 0.3) is 0 Å². The molecule has 0 radical (unpaired) electrons. The first-order valence-corrected chi connectivity index (χ1v) is 7.50. The quantitative estimate of drug-likeness (QED) is 0.777. The number of hydrogen-bond donors (Lipinski definition) is 1. The van der Waals surface area contributed by atoms with Crippen molar-refractivity contribution in [1.29, 1.82) is 0 Å². The molecule has 1 aliphatic carbocycles. The fourth-order valence-corrected chi connectivity index (χ4v) is 2.50. The number of hydrogen-bond acceptors (Lipinski definition) is 3. The molecule has 1 saturated carbocycles. The maximum atomic E-state index is 11.9. The number of esters is 1. The zero-order chi connectivity index (χ0) is 14.4. The second kappa shape index (κ2) is 6.89. The molecule has 1 unspecified atom stereocenters. The molecular weight excluding hydrogens is 250 g/mol. The fraction of sp³-hybridized carbons (Fsp3) is 0.588. The number of carbonyl (C=O) groups is 1. The van der Waals surface area contributed by atoms with E-state index in [1.165, 1.54) is 19.3 Å². The minimum Gasteiger partial charge on any atom is -0.461 e. The van der Waals surface area contributed by atoms with E-state index in [0.717, 1.165) is 12.1 Å². The van der Waals surface area contributed by atoms with Crippen molar-refractivity contribution in [2.45, 2.75) is 39.7 Å². The van der Waals surface area contributed by atoms with Crippen molar-refractivity contribution in [3.8, 4) is 0 Å². The number of benzene rings is 1. The third-order valence-corrected chi connectivity index (χ3v) is 4.19. The average Bonchev–Trinajstić information content (AvgIpc) is 2.44. The minimum absolute atomic E-state index is 0.0950. The Balaban J connectivity index is 1.64. The Morgan fingerprint density at radius 3 is 2.65 bits per heavy atom. The molecule has 1 aromatic rings. The largest absolute Gasteiger partial charge is 0.461 e. The highest BCUT2D eigenvalue weighted by atomic mass is 16.5. The third-order valence-electron chi connectivity index (χ3n) is 4.19. The fourth-order valence-electron chi connectivity index (χ4n) is 2.50. The monoisotopic (exact) mass is 275 g/mol. The number of nitrogens with one attached hydrogen (secondary N) is 1. The van der Waals surface area contributed by atoms with Gasteiger partial charge in [0, 0.05) is 13.1 Å². The van der Waals surface area contributed by atoms with E-state index in [-0.39, 0.29) is 11.9 Å². The third kappa shape index (κ3) is 4.34. The maximum Gasteiger partial charge on any atom is 0.310 e. The zero-order valence-electron chi connectivity index (χ0n) is 12.5. The van der Waals surface area contributed by atoms with Crippen LogP contribution in [0.15, 0.2) is 30.3 Å². The van der Waals surface area contributed by atoms with Gasteiger partial charge in [0.15, 0.2) is 0 Å². The Morgan fingerprint density at radius 1 is 1.35 bits per heavy atom. The van der Waals surface area contributed by atoms with E-state index in [4.69, 9.17) is 4.74 Å². The van der Waals surface area contributed by atoms with Crippen molar-refractivity contribution in [2.75, 3.05) is 13.1 Å². The van der Waals surface area contributed by atoms with Crippen molar-refractivity contribution in [3.05, 3.63) is 35.9 Å². The van der Waals surface area contributed by atoms with Crippen LogP contribution in [0.2, 0.25) is 0 Å². The summed E-state index contributed by atoms with van der Waals surface area (Å²) in [6.45, 7) is 6.29. The lowest BCUT2D eigenvalue weighted by molar-refractivity contribution is -0.149. The predicted molar refractivity (Wildman–Crippen MR) is 80.2 cm³/mol. The molecule has 2 rings (SSSR count). The summed E-state index contributed by atoms with van der Waals surface area (Å²) in [6.07, 6.45) is 3.94. The van der Waals surface area contributed by atoms with Gasteiger partial charge in [0.05, 0.1) is 5.92 Å². The molecule has 0 aromatic heterocycles. The lowest BCUT2D eigenvalue weighted by atomic mass is 9.70. The standard InChI is InChI=1S/C17H25NO2/c1-14(11-18-13-17(2)9-6-10-17)16(19)20-12-15-7-4-3-5-8-15/h3-5,7-8,14,18H,6,9-13H2,1-2H3. The summed E-state index contributed by atoms with van der Waals surface area (Å²) in [5, 5.41) is 3.41. The lowest BCUT2D eigenvalue weighted by Crippen LogP contribution is -2.39. The Labute approximate surface area is 121 Å². The predicted octanol–water partition coefficient (Wildman–Crippen LogP) is 3.15. The Kier molecular flexibility index (Phi) is 5.18. The molecule has 1 aromatic carbocycles. The summed E-state index contributed by atoms with van der Waals surface area (Å²) in [4.78, 5) is 11.9. The molecule has 0 amide bonds. The number of carbonyl (C=O) groups excluding carboxylic acids is 1. The molecular formula is C17H25NO2. The van der Waals surface area contributed by atoms with Crippen LogP contribution in [-0.2, 0) is 16.1 Å². The van der Waals surface area contributed by atoms with Gasteiger partial charge in [0.2, 0.25) is 0 Å². The van der Waals surface area contributed by atoms with Crippen LogP contribution in [0.1, 0.15) is 38.7 Å². The van der Waals surface area contributed by atoms with Gasteiger partial charge in [-0.2, -0.15) is 0 Å². The van der Waals surface area contributed by atoms with Crippen molar-refractivity contribution in [1.82, 2.24) is 5.32 Å². The summed E-state index contributed by atoms with van der Waals surface area (Å²) in [6, 6.07) is 9.79. The van der Waals surface area contributed by atoms with E-state index < -0.39 is 0 Å². The van der Waals surface area contributed by atoms with Crippen LogP contribution in [0.3, 0.4) is 0 Å². The van der Waals surface area contributed by atoms with Crippen LogP contribution < -0.4 is 5.32 Å². The molecule has 0 heterocycles. The SMILES string of the molecule is CC(CNCC1(C)CCC1)C(=O)OCc1ccccc1. The Hall–Kier alpha value is -1.35. The molecule has 3 heteroatoms. The first-order valence-electron chi connectivity index (χ1n) is 7.50. The number of rotatable bonds is 7. The van der Waals surface area contributed by atoms with Gasteiger partial charge in [0.1, 0.15) is 6.61 Å². The maximum absolute atomic E-state index is 11.9. The van der Waals surface area contributed by atoms with Gasteiger partial charge in [-0.05, 0) is 23.8 Å². The van der Waals surface area contributed by atoms with Crippen LogP contribution >= 0.6 is 0 Å². The van der Waals surface area contributed by atoms with Crippen molar-refractivity contribution >= 4 is 5.97 Å². The first-order chi connectivity index (χ1) is 9.59. The van der Waals surface area contributed by atoms with Gasteiger partial charge < -0.3 is 10.1 Å².